The minimum atomic E-state index is -4.66. The van der Waals surface area contributed by atoms with E-state index in [0.29, 0.717) is 24.8 Å². The molecule has 3 atom stereocenters. The second-order valence-corrected chi connectivity index (χ2v) is 6.27. The third kappa shape index (κ3) is 4.82. The van der Waals surface area contributed by atoms with Gasteiger partial charge in [0.2, 0.25) is 0 Å². The van der Waals surface area contributed by atoms with E-state index in [1.54, 1.807) is 12.1 Å². The summed E-state index contributed by atoms with van der Waals surface area (Å²) < 4.78 is 76.9. The lowest BCUT2D eigenvalue weighted by molar-refractivity contribution is -0.200. The molecule has 0 aromatic heterocycles. The Labute approximate surface area is 153 Å². The molecule has 0 saturated carbocycles. The van der Waals surface area contributed by atoms with E-state index in [9.17, 15) is 22.0 Å². The molecule has 3 rings (SSSR count). The summed E-state index contributed by atoms with van der Waals surface area (Å²) in [5.74, 6) is -1.38. The van der Waals surface area contributed by atoms with E-state index in [1.807, 2.05) is 0 Å². The maximum absolute atomic E-state index is 13.6. The molecule has 0 amide bonds. The minimum Gasteiger partial charge on any atom is -0.349 e. The van der Waals surface area contributed by atoms with E-state index in [1.165, 1.54) is 19.1 Å². The van der Waals surface area contributed by atoms with Gasteiger partial charge >= 0.3 is 6.18 Å². The van der Waals surface area contributed by atoms with Gasteiger partial charge in [-0.2, -0.15) is 13.2 Å². The number of hydrogen-bond acceptors (Lipinski definition) is 3. The lowest BCUT2D eigenvalue weighted by Crippen LogP contribution is -2.43. The number of benzene rings is 2. The largest absolute Gasteiger partial charge is 0.416 e. The molecule has 146 valence electrons. The Hall–Kier alpha value is -2.03. The van der Waals surface area contributed by atoms with Gasteiger partial charge in [0.1, 0.15) is 11.6 Å². The van der Waals surface area contributed by atoms with E-state index in [-0.39, 0.29) is 11.4 Å². The summed E-state index contributed by atoms with van der Waals surface area (Å²) >= 11 is 0. The molecule has 2 aromatic carbocycles. The van der Waals surface area contributed by atoms with Crippen LogP contribution in [0.2, 0.25) is 0 Å². The van der Waals surface area contributed by atoms with Crippen molar-refractivity contribution in [2.24, 2.45) is 0 Å². The molecule has 1 unspecified atom stereocenters. The molecule has 3 nitrogen and oxygen atoms in total. The maximum Gasteiger partial charge on any atom is 0.416 e. The van der Waals surface area contributed by atoms with Crippen molar-refractivity contribution in [3.63, 3.8) is 0 Å². The van der Waals surface area contributed by atoms with E-state index >= 15 is 0 Å². The number of halogens is 5. The first-order valence-corrected chi connectivity index (χ1v) is 8.37. The molecule has 0 bridgehead atoms. The predicted octanol–water partition coefficient (Wildman–Crippen LogP) is 4.75. The zero-order chi connectivity index (χ0) is 19.6. The second-order valence-electron chi connectivity index (χ2n) is 6.27. The van der Waals surface area contributed by atoms with Gasteiger partial charge in [-0.05, 0) is 48.4 Å². The summed E-state index contributed by atoms with van der Waals surface area (Å²) in [6, 6.07) is 7.62. The van der Waals surface area contributed by atoms with Crippen LogP contribution in [0.25, 0.3) is 0 Å². The molecule has 8 heteroatoms. The number of morpholine rings is 1. The average molecular weight is 387 g/mol. The Balaban J connectivity index is 1.80. The van der Waals surface area contributed by atoms with Crippen LogP contribution >= 0.6 is 0 Å². The fraction of sp³-hybridized carbons (Fsp3) is 0.368. The predicted molar refractivity (Wildman–Crippen MR) is 87.8 cm³/mol. The van der Waals surface area contributed by atoms with Crippen LogP contribution in [-0.2, 0) is 15.7 Å². The Morgan fingerprint density at radius 1 is 1.07 bits per heavy atom. The van der Waals surface area contributed by atoms with Crippen molar-refractivity contribution in [1.82, 2.24) is 5.32 Å². The Kier molecular flexibility index (Phi) is 5.78. The number of ether oxygens (including phenoxy) is 2. The molecule has 0 aliphatic carbocycles. The molecule has 1 fully saturated rings. The number of alkyl halides is 3. The van der Waals surface area contributed by atoms with Crippen LogP contribution in [0, 0.1) is 11.6 Å². The highest BCUT2D eigenvalue weighted by Crippen LogP contribution is 2.34. The van der Waals surface area contributed by atoms with Gasteiger partial charge in [0.05, 0.1) is 24.3 Å². The Morgan fingerprint density at radius 2 is 1.78 bits per heavy atom. The van der Waals surface area contributed by atoms with Crippen LogP contribution < -0.4 is 5.32 Å². The first kappa shape index (κ1) is 19.7. The van der Waals surface area contributed by atoms with Gasteiger partial charge in [-0.1, -0.05) is 12.1 Å². The number of hydrogen-bond donors (Lipinski definition) is 1. The molecule has 2 aromatic rings. The standard InChI is InChI=1S/C19H18F5NO2/c1-11(13-8-14(19(22,23)24)10-16(21)9-13)27-18-17(25-6-7-26-18)12-2-4-15(20)5-3-12/h2-5,8-11,17-18,25H,6-7H2,1H3/t11?,17-,18+/m0/s1. The quantitative estimate of drug-likeness (QED) is 0.769. The van der Waals surface area contributed by atoms with Crippen molar-refractivity contribution in [3.8, 4) is 0 Å². The smallest absolute Gasteiger partial charge is 0.349 e. The molecule has 0 radical (unpaired) electrons. The van der Waals surface area contributed by atoms with Gasteiger partial charge in [0.15, 0.2) is 6.29 Å². The van der Waals surface area contributed by atoms with Gasteiger partial charge in [-0.25, -0.2) is 8.78 Å². The molecular formula is C19H18F5NO2. The molecule has 1 saturated heterocycles. The third-order valence-electron chi connectivity index (χ3n) is 4.30. The van der Waals surface area contributed by atoms with Crippen molar-refractivity contribution in [2.45, 2.75) is 31.5 Å². The average Bonchev–Trinajstić information content (AvgIpc) is 2.62. The maximum atomic E-state index is 13.6. The highest BCUT2D eigenvalue weighted by molar-refractivity contribution is 5.28. The zero-order valence-corrected chi connectivity index (χ0v) is 14.4. The first-order valence-electron chi connectivity index (χ1n) is 8.37. The normalized spacial score (nSPS) is 21.9. The van der Waals surface area contributed by atoms with Gasteiger partial charge in [0, 0.05) is 6.54 Å². The molecule has 0 spiro atoms. The first-order chi connectivity index (χ1) is 12.7. The summed E-state index contributed by atoms with van der Waals surface area (Å²) in [4.78, 5) is 0. The third-order valence-corrected chi connectivity index (χ3v) is 4.30. The summed E-state index contributed by atoms with van der Waals surface area (Å²) in [5, 5.41) is 3.18. The van der Waals surface area contributed by atoms with E-state index in [4.69, 9.17) is 9.47 Å². The van der Waals surface area contributed by atoms with Crippen LogP contribution in [-0.4, -0.2) is 19.4 Å². The van der Waals surface area contributed by atoms with Crippen molar-refractivity contribution >= 4 is 0 Å². The number of rotatable bonds is 4. The summed E-state index contributed by atoms with van der Waals surface area (Å²) in [5.41, 5.74) is -0.316. The SMILES string of the molecule is CC(O[C@H]1OCCN[C@H]1c1ccc(F)cc1)c1cc(F)cc(C(F)(F)F)c1. The molecule has 1 aliphatic heterocycles. The highest BCUT2D eigenvalue weighted by atomic mass is 19.4. The van der Waals surface area contributed by atoms with Gasteiger partial charge < -0.3 is 14.8 Å². The monoisotopic (exact) mass is 387 g/mol. The Bertz CT molecular complexity index is 779. The van der Waals surface area contributed by atoms with Crippen molar-refractivity contribution < 1.29 is 31.4 Å². The fourth-order valence-corrected chi connectivity index (χ4v) is 2.94. The minimum absolute atomic E-state index is 0.0503. The summed E-state index contributed by atoms with van der Waals surface area (Å²) in [7, 11) is 0. The van der Waals surface area contributed by atoms with E-state index in [0.717, 1.165) is 12.1 Å². The van der Waals surface area contributed by atoms with Crippen molar-refractivity contribution in [3.05, 3.63) is 70.8 Å². The van der Waals surface area contributed by atoms with Crippen LogP contribution in [0.5, 0.6) is 0 Å². The van der Waals surface area contributed by atoms with Gasteiger partial charge in [-0.15, -0.1) is 0 Å². The summed E-state index contributed by atoms with van der Waals surface area (Å²) in [6.45, 7) is 2.40. The fourth-order valence-electron chi connectivity index (χ4n) is 2.94. The lowest BCUT2D eigenvalue weighted by Gasteiger charge is -2.34. The van der Waals surface area contributed by atoms with Crippen molar-refractivity contribution in [1.29, 1.82) is 0 Å². The Morgan fingerprint density at radius 3 is 2.44 bits per heavy atom. The zero-order valence-electron chi connectivity index (χ0n) is 14.4. The van der Waals surface area contributed by atoms with Gasteiger partial charge in [0.25, 0.3) is 0 Å². The van der Waals surface area contributed by atoms with Crippen molar-refractivity contribution in [2.75, 3.05) is 13.2 Å². The van der Waals surface area contributed by atoms with Gasteiger partial charge in [-0.3, -0.25) is 0 Å². The molecule has 1 heterocycles. The van der Waals surface area contributed by atoms with Crippen LogP contribution in [0.15, 0.2) is 42.5 Å². The molecule has 1 aliphatic rings. The van der Waals surface area contributed by atoms with E-state index in [2.05, 4.69) is 5.32 Å². The summed E-state index contributed by atoms with van der Waals surface area (Å²) in [6.07, 6.45) is -6.33. The van der Waals surface area contributed by atoms with E-state index < -0.39 is 36.0 Å². The highest BCUT2D eigenvalue weighted by Gasteiger charge is 2.33. The van der Waals surface area contributed by atoms with Crippen LogP contribution in [0.1, 0.15) is 35.8 Å². The topological polar surface area (TPSA) is 30.5 Å². The lowest BCUT2D eigenvalue weighted by atomic mass is 10.0. The van der Waals surface area contributed by atoms with Crippen LogP contribution in [0.3, 0.4) is 0 Å². The molecular weight excluding hydrogens is 369 g/mol. The molecule has 27 heavy (non-hydrogen) atoms. The second kappa shape index (κ2) is 7.92. The van der Waals surface area contributed by atoms with Crippen LogP contribution in [0.4, 0.5) is 22.0 Å². The molecule has 1 N–H and O–H groups in total. The number of nitrogens with one attached hydrogen (secondary N) is 1.